The maximum Gasteiger partial charge on any atom is 0.407 e. The van der Waals surface area contributed by atoms with Gasteiger partial charge in [0.2, 0.25) is 11.8 Å². The number of aliphatic hydroxyl groups excluding tert-OH is 1. The number of fused-ring (bicyclic) bond motifs is 1. The second-order valence-corrected chi connectivity index (χ2v) is 14.2. The lowest BCUT2D eigenvalue weighted by Crippen LogP contribution is -2.53. The standard InChI is InChI=1S/C41H46N8O8/c1-23(44-40(53)55-3)38(51)49-16-17-57-22-34(49)37-43-20-31(45-37)26-9-7-25(8-10-26)27-11-12-29-19-30(14-13-28(29)18-27)32-21-42-36(46-32)33-6-5-15-48(33)39(52)35(24(2)50)47-41(54)56-4/h7-14,18-21,23-24,33-35,50H,5-6,15-17,22H2,1-4H3,(H,42,46)(H,43,45)(H,44,53)(H,47,54)/t23-,24-,33+,34+,35+/m1/s1. The molecule has 4 heterocycles. The molecule has 7 rings (SSSR count). The van der Waals surface area contributed by atoms with E-state index in [1.54, 1.807) is 29.1 Å². The van der Waals surface area contributed by atoms with Crippen LogP contribution in [0.2, 0.25) is 0 Å². The first-order valence-electron chi connectivity index (χ1n) is 18.8. The minimum absolute atomic E-state index is 0.250. The van der Waals surface area contributed by atoms with Gasteiger partial charge in [-0.3, -0.25) is 9.59 Å². The SMILES string of the molecule is COC(=O)N[C@H](C(=O)N1CCC[C@H]1c1ncc(-c2ccc3cc(-c4ccc(-c5cnc([C@@H]6COCCN6C(=O)[C@@H](C)NC(=O)OC)[nH]5)cc4)ccc3c2)[nH]1)[C@@H](C)O. The van der Waals surface area contributed by atoms with Gasteiger partial charge in [-0.05, 0) is 66.3 Å². The molecule has 2 saturated heterocycles. The van der Waals surface area contributed by atoms with Crippen molar-refractivity contribution in [3.63, 3.8) is 0 Å². The zero-order valence-corrected chi connectivity index (χ0v) is 32.2. The van der Waals surface area contributed by atoms with Gasteiger partial charge < -0.3 is 49.7 Å². The fourth-order valence-electron chi connectivity index (χ4n) is 7.45. The molecular weight excluding hydrogens is 732 g/mol. The average molecular weight is 779 g/mol. The van der Waals surface area contributed by atoms with E-state index in [0.717, 1.165) is 50.8 Å². The van der Waals surface area contributed by atoms with Crippen LogP contribution in [0.25, 0.3) is 44.4 Å². The largest absolute Gasteiger partial charge is 0.453 e. The van der Waals surface area contributed by atoms with Gasteiger partial charge in [0.25, 0.3) is 0 Å². The second kappa shape index (κ2) is 16.9. The number of nitrogens with one attached hydrogen (secondary N) is 4. The van der Waals surface area contributed by atoms with Gasteiger partial charge in [0.15, 0.2) is 0 Å². The van der Waals surface area contributed by atoms with Crippen LogP contribution < -0.4 is 10.6 Å². The lowest BCUT2D eigenvalue weighted by Gasteiger charge is -2.36. The Kier molecular flexibility index (Phi) is 11.5. The van der Waals surface area contributed by atoms with Crippen LogP contribution in [0.15, 0.2) is 73.1 Å². The number of morpholine rings is 1. The molecule has 4 amide bonds. The van der Waals surface area contributed by atoms with E-state index < -0.39 is 42.3 Å². The number of carbonyl (C=O) groups excluding carboxylic acids is 4. The summed E-state index contributed by atoms with van der Waals surface area (Å²) in [5, 5.41) is 17.3. The van der Waals surface area contributed by atoms with Gasteiger partial charge in [0, 0.05) is 18.7 Å². The molecule has 298 valence electrons. The number of methoxy groups -OCH3 is 2. The molecule has 5 atom stereocenters. The Hall–Kier alpha value is -6.26. The molecule has 0 aliphatic carbocycles. The van der Waals surface area contributed by atoms with E-state index >= 15 is 0 Å². The fourth-order valence-corrected chi connectivity index (χ4v) is 7.45. The Bertz CT molecular complexity index is 2250. The molecule has 2 aromatic heterocycles. The van der Waals surface area contributed by atoms with Crippen molar-refractivity contribution in [3.8, 4) is 33.6 Å². The van der Waals surface area contributed by atoms with Crippen molar-refractivity contribution in [2.24, 2.45) is 0 Å². The summed E-state index contributed by atoms with van der Waals surface area (Å²) in [7, 11) is 2.46. The molecule has 2 aliphatic rings. The topological polar surface area (TPSA) is 204 Å². The lowest BCUT2D eigenvalue weighted by molar-refractivity contribution is -0.142. The molecule has 3 aromatic carbocycles. The molecule has 16 nitrogen and oxygen atoms in total. The highest BCUT2D eigenvalue weighted by Crippen LogP contribution is 2.34. The monoisotopic (exact) mass is 778 g/mol. The summed E-state index contributed by atoms with van der Waals surface area (Å²) in [6, 6.07) is 18.0. The molecule has 0 saturated carbocycles. The summed E-state index contributed by atoms with van der Waals surface area (Å²) in [5.74, 6) is 0.597. The number of rotatable bonds is 10. The molecule has 0 spiro atoms. The van der Waals surface area contributed by atoms with Crippen LogP contribution in [-0.4, -0.2) is 118 Å². The van der Waals surface area contributed by atoms with Gasteiger partial charge in [0.1, 0.15) is 29.8 Å². The number of aromatic nitrogens is 4. The number of benzene rings is 3. The molecule has 57 heavy (non-hydrogen) atoms. The Balaban J connectivity index is 1.03. The number of aromatic amines is 2. The van der Waals surface area contributed by atoms with Crippen molar-refractivity contribution < 1.29 is 38.5 Å². The summed E-state index contributed by atoms with van der Waals surface area (Å²) in [5.41, 5.74) is 5.60. The number of H-pyrrole nitrogens is 2. The molecule has 16 heteroatoms. The van der Waals surface area contributed by atoms with Gasteiger partial charge >= 0.3 is 12.2 Å². The zero-order chi connectivity index (χ0) is 40.2. The average Bonchev–Trinajstić information content (AvgIpc) is 4.04. The van der Waals surface area contributed by atoms with E-state index in [1.165, 1.54) is 21.1 Å². The maximum absolute atomic E-state index is 13.4. The molecule has 0 bridgehead atoms. The predicted molar refractivity (Wildman–Crippen MR) is 210 cm³/mol. The third-order valence-corrected chi connectivity index (χ3v) is 10.5. The smallest absolute Gasteiger partial charge is 0.407 e. The van der Waals surface area contributed by atoms with Gasteiger partial charge in [-0.1, -0.05) is 48.5 Å². The van der Waals surface area contributed by atoms with Crippen molar-refractivity contribution in [1.29, 1.82) is 0 Å². The van der Waals surface area contributed by atoms with Gasteiger partial charge in [0.05, 0.1) is 63.4 Å². The molecule has 0 radical (unpaired) electrons. The minimum Gasteiger partial charge on any atom is -0.453 e. The number of nitrogens with zero attached hydrogens (tertiary/aromatic N) is 4. The number of hydrogen-bond donors (Lipinski definition) is 5. The first kappa shape index (κ1) is 39.0. The first-order valence-corrected chi connectivity index (χ1v) is 18.8. The van der Waals surface area contributed by atoms with Crippen LogP contribution in [0.5, 0.6) is 0 Å². The normalized spacial score (nSPS) is 18.5. The van der Waals surface area contributed by atoms with Crippen LogP contribution in [0.3, 0.4) is 0 Å². The van der Waals surface area contributed by atoms with Gasteiger partial charge in [-0.15, -0.1) is 0 Å². The highest BCUT2D eigenvalue weighted by atomic mass is 16.5. The van der Waals surface area contributed by atoms with E-state index in [2.05, 4.69) is 82.5 Å². The van der Waals surface area contributed by atoms with Gasteiger partial charge in [-0.25, -0.2) is 19.6 Å². The number of alkyl carbamates (subject to hydrolysis) is 2. The van der Waals surface area contributed by atoms with Crippen LogP contribution in [0.4, 0.5) is 9.59 Å². The Morgan fingerprint density at radius 1 is 0.754 bits per heavy atom. The number of carbonyl (C=O) groups is 4. The van der Waals surface area contributed by atoms with E-state index in [1.807, 2.05) is 18.2 Å². The van der Waals surface area contributed by atoms with Gasteiger partial charge in [-0.2, -0.15) is 0 Å². The molecule has 5 N–H and O–H groups in total. The highest BCUT2D eigenvalue weighted by molar-refractivity contribution is 5.91. The minimum atomic E-state index is -1.14. The van der Waals surface area contributed by atoms with Crippen molar-refractivity contribution in [2.75, 3.05) is 40.5 Å². The van der Waals surface area contributed by atoms with Crippen LogP contribution >= 0.6 is 0 Å². The quantitative estimate of drug-likeness (QED) is 0.132. The third kappa shape index (κ3) is 8.32. The molecule has 2 aliphatic heterocycles. The summed E-state index contributed by atoms with van der Waals surface area (Å²) in [4.78, 5) is 69.5. The van der Waals surface area contributed by atoms with Crippen molar-refractivity contribution >= 4 is 34.8 Å². The highest BCUT2D eigenvalue weighted by Gasteiger charge is 2.38. The number of likely N-dealkylation sites (tertiary alicyclic amines) is 1. The number of ether oxygens (including phenoxy) is 3. The van der Waals surface area contributed by atoms with Crippen LogP contribution in [0, 0.1) is 0 Å². The molecule has 5 aromatic rings. The maximum atomic E-state index is 13.4. The molecule has 2 fully saturated rings. The van der Waals surface area contributed by atoms with Crippen molar-refractivity contribution in [3.05, 3.63) is 84.7 Å². The predicted octanol–water partition coefficient (Wildman–Crippen LogP) is 4.70. The zero-order valence-electron chi connectivity index (χ0n) is 32.2. The lowest BCUT2D eigenvalue weighted by atomic mass is 9.98. The third-order valence-electron chi connectivity index (χ3n) is 10.5. The van der Waals surface area contributed by atoms with Crippen molar-refractivity contribution in [1.82, 2.24) is 40.4 Å². The number of hydrogen-bond acceptors (Lipinski definition) is 10. The first-order chi connectivity index (χ1) is 27.5. The summed E-state index contributed by atoms with van der Waals surface area (Å²) in [6.07, 6.45) is 2.40. The van der Waals surface area contributed by atoms with E-state index in [4.69, 9.17) is 4.74 Å². The molecular formula is C41H46N8O8. The van der Waals surface area contributed by atoms with Crippen LogP contribution in [0.1, 0.15) is 50.4 Å². The fraction of sp³-hybridized carbons (Fsp3) is 0.366. The van der Waals surface area contributed by atoms with E-state index in [0.29, 0.717) is 37.8 Å². The second-order valence-electron chi connectivity index (χ2n) is 14.2. The Labute approximate surface area is 328 Å². The number of aliphatic hydroxyl groups is 1. The molecule has 0 unspecified atom stereocenters. The van der Waals surface area contributed by atoms with E-state index in [-0.39, 0.29) is 18.6 Å². The summed E-state index contributed by atoms with van der Waals surface area (Å²) < 4.78 is 15.0. The van der Waals surface area contributed by atoms with E-state index in [9.17, 15) is 24.3 Å². The number of amides is 4. The van der Waals surface area contributed by atoms with Crippen LogP contribution in [-0.2, 0) is 23.8 Å². The Morgan fingerprint density at radius 3 is 1.98 bits per heavy atom. The summed E-state index contributed by atoms with van der Waals surface area (Å²) >= 11 is 0. The summed E-state index contributed by atoms with van der Waals surface area (Å²) in [6.45, 7) is 4.59. The number of imidazole rings is 2. The van der Waals surface area contributed by atoms with Crippen molar-refractivity contribution in [2.45, 2.75) is 57.0 Å². The Morgan fingerprint density at radius 2 is 1.32 bits per heavy atom.